The van der Waals surface area contributed by atoms with E-state index < -0.39 is 42.3 Å². The van der Waals surface area contributed by atoms with Crippen molar-refractivity contribution in [2.24, 2.45) is 0 Å². The SMILES string of the molecule is CNC(=O)C1=C(Nc2nc(NC3(P(=O)([O-])O)CC=C(C)C=C3OC)ncc2C(F)(F)F)C=CC[N+]1(CCCCO)c1cn[nH]c1. The maximum atomic E-state index is 14.3. The van der Waals surface area contributed by atoms with E-state index >= 15 is 0 Å². The molecule has 0 bridgehead atoms. The Morgan fingerprint density at radius 3 is 2.67 bits per heavy atom. The van der Waals surface area contributed by atoms with Crippen LogP contribution in [0, 0.1) is 0 Å². The summed E-state index contributed by atoms with van der Waals surface area (Å²) in [6.45, 7) is 2.11. The normalized spacial score (nSPS) is 23.1. The molecule has 6 N–H and O–H groups in total. The van der Waals surface area contributed by atoms with Crippen molar-refractivity contribution in [1.29, 1.82) is 0 Å². The quantitative estimate of drug-likeness (QED) is 0.112. The fraction of sp³-hybridized carbons (Fsp3) is 0.407. The van der Waals surface area contributed by atoms with Crippen molar-refractivity contribution in [3.63, 3.8) is 0 Å². The van der Waals surface area contributed by atoms with Crippen LogP contribution in [0.25, 0.3) is 0 Å². The minimum absolute atomic E-state index is 0.0268. The number of aromatic nitrogens is 4. The highest BCUT2D eigenvalue weighted by Crippen LogP contribution is 2.55. The zero-order chi connectivity index (χ0) is 33.0. The van der Waals surface area contributed by atoms with Crippen molar-refractivity contribution in [2.75, 3.05) is 44.5 Å². The summed E-state index contributed by atoms with van der Waals surface area (Å²) in [5.74, 6) is -2.18. The molecule has 0 saturated carbocycles. The number of carbonyl (C=O) groups excluding carboxylic acids is 1. The van der Waals surface area contributed by atoms with Gasteiger partial charge in [-0.3, -0.25) is 9.89 Å². The molecule has 2 aromatic heterocycles. The maximum Gasteiger partial charge on any atom is 0.421 e. The monoisotopic (exact) mass is 654 g/mol. The highest BCUT2D eigenvalue weighted by atomic mass is 31.2. The Hall–Kier alpha value is -4.02. The molecule has 18 heteroatoms. The number of rotatable bonds is 12. The molecule has 0 saturated heterocycles. The van der Waals surface area contributed by atoms with Gasteiger partial charge in [0.15, 0.2) is 18.6 Å². The largest absolute Gasteiger partial charge is 0.777 e. The summed E-state index contributed by atoms with van der Waals surface area (Å²) in [4.78, 5) is 44.1. The number of aliphatic hydroxyl groups is 1. The van der Waals surface area contributed by atoms with Crippen LogP contribution in [0.1, 0.15) is 31.7 Å². The van der Waals surface area contributed by atoms with Crippen molar-refractivity contribution in [3.05, 3.63) is 71.2 Å². The van der Waals surface area contributed by atoms with E-state index in [9.17, 15) is 37.4 Å². The number of amides is 1. The van der Waals surface area contributed by atoms with Crippen LogP contribution < -0.4 is 25.3 Å². The fourth-order valence-corrected chi connectivity index (χ4v) is 6.34. The van der Waals surface area contributed by atoms with Gasteiger partial charge in [-0.25, -0.2) is 9.47 Å². The van der Waals surface area contributed by atoms with Crippen molar-refractivity contribution < 1.29 is 42.2 Å². The Kier molecular flexibility index (Phi) is 9.89. The zero-order valence-corrected chi connectivity index (χ0v) is 25.6. The minimum atomic E-state index is -5.34. The zero-order valence-electron chi connectivity index (χ0n) is 24.7. The molecule has 1 amide bonds. The number of likely N-dealkylation sites (N-methyl/N-ethyl adjacent to an activating group) is 1. The molecule has 3 heterocycles. The topological polar surface area (TPSA) is 197 Å². The number of methoxy groups -OCH3 is 1. The third-order valence-corrected chi connectivity index (χ3v) is 9.09. The lowest BCUT2D eigenvalue weighted by atomic mass is 10.0. The number of H-pyrrole nitrogens is 1. The summed E-state index contributed by atoms with van der Waals surface area (Å²) in [6, 6.07) is 0. The van der Waals surface area contributed by atoms with Gasteiger partial charge in [0.2, 0.25) is 11.6 Å². The number of aromatic amines is 1. The number of unbranched alkanes of at least 4 members (excludes halogenated alkanes) is 1. The van der Waals surface area contributed by atoms with Crippen LogP contribution in [0.15, 0.2) is 65.6 Å². The lowest BCUT2D eigenvalue weighted by molar-refractivity contribution is -0.199. The molecule has 1 aliphatic carbocycles. The second-order valence-corrected chi connectivity index (χ2v) is 12.3. The van der Waals surface area contributed by atoms with Crippen molar-refractivity contribution in [3.8, 4) is 0 Å². The molecular weight excluding hydrogens is 620 g/mol. The molecule has 14 nitrogen and oxygen atoms in total. The Bertz CT molecular complexity index is 1590. The molecule has 3 atom stereocenters. The Morgan fingerprint density at radius 1 is 1.31 bits per heavy atom. The Morgan fingerprint density at radius 2 is 2.07 bits per heavy atom. The number of hydrogen-bond donors (Lipinski definition) is 6. The van der Waals surface area contributed by atoms with Crippen LogP contribution in [0.3, 0.4) is 0 Å². The molecule has 0 aromatic carbocycles. The third kappa shape index (κ3) is 6.67. The van der Waals surface area contributed by atoms with Crippen LogP contribution in [-0.2, 0) is 20.3 Å². The van der Waals surface area contributed by atoms with E-state index in [0.717, 1.165) is 0 Å². The van der Waals surface area contributed by atoms with E-state index in [1.165, 1.54) is 38.6 Å². The van der Waals surface area contributed by atoms with E-state index in [1.54, 1.807) is 19.2 Å². The van der Waals surface area contributed by atoms with Gasteiger partial charge < -0.3 is 40.1 Å². The first-order valence-corrected chi connectivity index (χ1v) is 15.4. The maximum absolute atomic E-state index is 14.3. The van der Waals surface area contributed by atoms with Crippen molar-refractivity contribution >= 4 is 31.0 Å². The number of halogens is 3. The molecule has 45 heavy (non-hydrogen) atoms. The number of alkyl halides is 3. The van der Waals surface area contributed by atoms with E-state index in [-0.39, 0.29) is 47.8 Å². The van der Waals surface area contributed by atoms with Gasteiger partial charge in [0.1, 0.15) is 35.6 Å². The Labute approximate surface area is 256 Å². The predicted molar refractivity (Wildman–Crippen MR) is 157 cm³/mol. The number of carbonyl (C=O) groups is 1. The van der Waals surface area contributed by atoms with Crippen molar-refractivity contribution in [2.45, 2.75) is 37.6 Å². The molecular formula is C27H34F3N8O6P. The van der Waals surface area contributed by atoms with Gasteiger partial charge in [0, 0.05) is 26.3 Å². The number of hydrogen-bond acceptors (Lipinski definition) is 10. The first kappa shape index (κ1) is 33.9. The number of ether oxygens (including phenoxy) is 1. The van der Waals surface area contributed by atoms with Crippen LogP contribution in [0.4, 0.5) is 30.6 Å². The van der Waals surface area contributed by atoms with E-state index in [0.29, 0.717) is 30.3 Å². The average Bonchev–Trinajstić information content (AvgIpc) is 3.53. The van der Waals surface area contributed by atoms with Crippen LogP contribution in [0.5, 0.6) is 0 Å². The number of quaternary nitrogens is 1. The standard InChI is InChI=1S/C27H34F3N8O6P/c1-17-8-9-26(45(41,42)43,21(13-17)44-3)37-25-32-16-19(27(28,29)30)23(36-25)35-20-7-6-11-38(10-4-5-12-39,18-14-33-34-15-18)22(20)24(40)31-2/h6-8,13-16,39H,4-5,9-12H2,1-3H3,(H5-,31,32,33,34,35,36,37,40,41,42,43). The van der Waals surface area contributed by atoms with Gasteiger partial charge in [-0.1, -0.05) is 11.6 Å². The van der Waals surface area contributed by atoms with Crippen LogP contribution >= 0.6 is 7.60 Å². The number of allylic oxidation sites excluding steroid dienone is 3. The summed E-state index contributed by atoms with van der Waals surface area (Å²) < 4.78 is 60.6. The fourth-order valence-electron chi connectivity index (χ4n) is 5.34. The summed E-state index contributed by atoms with van der Waals surface area (Å²) in [5, 5.41) is 21.5. The molecule has 0 fully saturated rings. The van der Waals surface area contributed by atoms with Gasteiger partial charge in [-0.15, -0.1) is 0 Å². The first-order chi connectivity index (χ1) is 21.2. The number of nitrogens with zero attached hydrogens (tertiary/aromatic N) is 4. The second kappa shape index (κ2) is 13.1. The second-order valence-electron chi connectivity index (χ2n) is 10.5. The first-order valence-electron chi connectivity index (χ1n) is 13.8. The number of anilines is 2. The van der Waals surface area contributed by atoms with Gasteiger partial charge in [0.25, 0.3) is 0 Å². The number of nitrogens with one attached hydrogen (secondary N) is 4. The third-order valence-electron chi connectivity index (χ3n) is 7.61. The number of aliphatic hydroxyl groups excluding tert-OH is 1. The van der Waals surface area contributed by atoms with Gasteiger partial charge in [-0.2, -0.15) is 23.3 Å². The predicted octanol–water partition coefficient (Wildman–Crippen LogP) is 2.47. The van der Waals surface area contributed by atoms with Gasteiger partial charge in [0.05, 0.1) is 19.9 Å². The molecule has 3 unspecified atom stereocenters. The summed E-state index contributed by atoms with van der Waals surface area (Å²) in [7, 11) is -2.77. The highest BCUT2D eigenvalue weighted by molar-refractivity contribution is 7.52. The summed E-state index contributed by atoms with van der Waals surface area (Å²) in [5.41, 5.74) is -0.103. The van der Waals surface area contributed by atoms with E-state index in [4.69, 9.17) is 4.74 Å². The van der Waals surface area contributed by atoms with Crippen LogP contribution in [-0.4, -0.2) is 75.2 Å². The Balaban J connectivity index is 1.88. The van der Waals surface area contributed by atoms with Gasteiger partial charge in [-0.05, 0) is 38.0 Å². The molecule has 2 aliphatic rings. The smallest absolute Gasteiger partial charge is 0.421 e. The molecule has 4 rings (SSSR count). The average molecular weight is 655 g/mol. The molecule has 2 aromatic rings. The lowest BCUT2D eigenvalue weighted by Crippen LogP contribution is -2.55. The van der Waals surface area contributed by atoms with E-state index in [1.807, 2.05) is 0 Å². The van der Waals surface area contributed by atoms with Crippen LogP contribution in [0.2, 0.25) is 0 Å². The molecule has 1 aliphatic heterocycles. The van der Waals surface area contributed by atoms with Gasteiger partial charge >= 0.3 is 12.1 Å². The summed E-state index contributed by atoms with van der Waals surface area (Å²) in [6.07, 6.45) is 5.09. The van der Waals surface area contributed by atoms with E-state index in [2.05, 4.69) is 36.1 Å². The lowest BCUT2D eigenvalue weighted by Gasteiger charge is -2.43. The van der Waals surface area contributed by atoms with Crippen molar-refractivity contribution in [1.82, 2.24) is 30.0 Å². The summed E-state index contributed by atoms with van der Waals surface area (Å²) >= 11 is 0. The minimum Gasteiger partial charge on any atom is -0.777 e. The highest BCUT2D eigenvalue weighted by Gasteiger charge is 2.48. The molecule has 244 valence electrons. The molecule has 0 spiro atoms. The molecule has 0 radical (unpaired) electrons.